The van der Waals surface area contributed by atoms with Crippen LogP contribution in [0.15, 0.2) is 6.07 Å². The van der Waals surface area contributed by atoms with Crippen molar-refractivity contribution < 1.29 is 19.4 Å². The van der Waals surface area contributed by atoms with Gasteiger partial charge in [-0.1, -0.05) is 23.2 Å². The molecular weight excluding hydrogens is 301 g/mol. The molecule has 1 atom stereocenters. The van der Waals surface area contributed by atoms with E-state index in [2.05, 4.69) is 10.1 Å². The Hall–Kier alpha value is -0.980. The average molecular weight is 312 g/mol. The zero-order valence-electron chi connectivity index (χ0n) is 9.41. The Morgan fingerprint density at radius 3 is 2.67 bits per heavy atom. The van der Waals surface area contributed by atoms with Gasteiger partial charge in [-0.15, -0.1) is 11.3 Å². The number of carboxylic acid groups (broad SMARTS) is 1. The number of methoxy groups -OCH3 is 1. The van der Waals surface area contributed by atoms with Crippen molar-refractivity contribution in [1.29, 1.82) is 0 Å². The third-order valence-corrected chi connectivity index (χ3v) is 3.77. The minimum Gasteiger partial charge on any atom is -0.480 e. The molecule has 0 fully saturated rings. The zero-order chi connectivity index (χ0) is 13.7. The molecular formula is C10H11Cl2NO4S. The first-order chi connectivity index (χ1) is 8.43. The fraction of sp³-hybridized carbons (Fsp3) is 0.400. The first-order valence-corrected chi connectivity index (χ1v) is 6.52. The lowest BCUT2D eigenvalue weighted by atomic mass is 10.1. The molecule has 2 N–H and O–H groups in total. The van der Waals surface area contributed by atoms with Crippen molar-refractivity contribution in [3.05, 3.63) is 20.3 Å². The molecule has 1 unspecified atom stereocenters. The van der Waals surface area contributed by atoms with E-state index in [0.29, 0.717) is 15.1 Å². The highest BCUT2D eigenvalue weighted by molar-refractivity contribution is 7.20. The summed E-state index contributed by atoms with van der Waals surface area (Å²) in [6.45, 7) is 0. The highest BCUT2D eigenvalue weighted by atomic mass is 35.5. The minimum atomic E-state index is -1.13. The predicted octanol–water partition coefficient (Wildman–Crippen LogP) is 2.80. The van der Waals surface area contributed by atoms with Crippen LogP contribution in [-0.2, 0) is 16.0 Å². The van der Waals surface area contributed by atoms with Crippen LogP contribution in [0.3, 0.4) is 0 Å². The summed E-state index contributed by atoms with van der Waals surface area (Å²) in [5.41, 5.74) is 0.768. The fourth-order valence-corrected chi connectivity index (χ4v) is 2.85. The first-order valence-electron chi connectivity index (χ1n) is 4.95. The maximum absolute atomic E-state index is 11.0. The van der Waals surface area contributed by atoms with Crippen molar-refractivity contribution >= 4 is 46.6 Å². The van der Waals surface area contributed by atoms with Crippen LogP contribution in [0.2, 0.25) is 8.67 Å². The highest BCUT2D eigenvalue weighted by Gasteiger charge is 2.20. The van der Waals surface area contributed by atoms with Gasteiger partial charge in [0.2, 0.25) is 0 Å². The number of carbonyl (C=O) groups excluding carboxylic acids is 1. The van der Waals surface area contributed by atoms with Crippen LogP contribution in [0.25, 0.3) is 0 Å². The Balaban J connectivity index is 2.60. The van der Waals surface area contributed by atoms with Gasteiger partial charge in [0.05, 0.1) is 15.8 Å². The summed E-state index contributed by atoms with van der Waals surface area (Å²) in [5, 5.41) is 11.2. The van der Waals surface area contributed by atoms with Crippen molar-refractivity contribution in [2.75, 3.05) is 7.11 Å². The molecule has 100 valence electrons. The molecule has 0 aliphatic heterocycles. The van der Waals surface area contributed by atoms with Crippen molar-refractivity contribution in [3.63, 3.8) is 0 Å². The van der Waals surface area contributed by atoms with Crippen molar-refractivity contribution in [2.24, 2.45) is 0 Å². The van der Waals surface area contributed by atoms with Crippen molar-refractivity contribution in [3.8, 4) is 0 Å². The molecule has 0 radical (unpaired) electrons. The number of ether oxygens (including phenoxy) is 1. The molecule has 0 saturated heterocycles. The monoisotopic (exact) mass is 311 g/mol. The Morgan fingerprint density at radius 1 is 1.56 bits per heavy atom. The number of hydrogen-bond acceptors (Lipinski definition) is 4. The maximum atomic E-state index is 11.0. The van der Waals surface area contributed by atoms with Crippen molar-refractivity contribution in [1.82, 2.24) is 5.32 Å². The second kappa shape index (κ2) is 6.82. The summed E-state index contributed by atoms with van der Waals surface area (Å²) < 4.78 is 5.43. The number of halogens is 2. The average Bonchev–Trinajstić information content (AvgIpc) is 2.62. The molecule has 0 aliphatic rings. The Kier molecular flexibility index (Phi) is 5.71. The van der Waals surface area contributed by atoms with Gasteiger partial charge in [-0.3, -0.25) is 0 Å². The lowest BCUT2D eigenvalue weighted by Crippen LogP contribution is -2.41. The third kappa shape index (κ3) is 4.36. The van der Waals surface area contributed by atoms with E-state index in [1.54, 1.807) is 6.07 Å². The quantitative estimate of drug-likeness (QED) is 0.876. The highest BCUT2D eigenvalue weighted by Crippen LogP contribution is 2.32. The van der Waals surface area contributed by atoms with Crippen LogP contribution in [0, 0.1) is 0 Å². The summed E-state index contributed by atoms with van der Waals surface area (Å²) in [6, 6.07) is 0.665. The van der Waals surface area contributed by atoms with E-state index < -0.39 is 18.1 Å². The van der Waals surface area contributed by atoms with Gasteiger partial charge in [-0.2, -0.15) is 0 Å². The number of rotatable bonds is 5. The molecule has 1 rings (SSSR count). The number of amides is 1. The second-order valence-corrected chi connectivity index (χ2v) is 5.70. The molecule has 1 aromatic heterocycles. The van der Waals surface area contributed by atoms with Crippen LogP contribution in [0.5, 0.6) is 0 Å². The van der Waals surface area contributed by atoms with Crippen LogP contribution in [0.1, 0.15) is 12.0 Å². The van der Waals surface area contributed by atoms with Crippen LogP contribution >= 0.6 is 34.5 Å². The summed E-state index contributed by atoms with van der Waals surface area (Å²) in [5.74, 6) is -1.13. The van der Waals surface area contributed by atoms with Gasteiger partial charge < -0.3 is 15.2 Å². The minimum absolute atomic E-state index is 0.206. The molecule has 5 nitrogen and oxygen atoms in total. The molecule has 1 heterocycles. The van der Waals surface area contributed by atoms with E-state index in [1.165, 1.54) is 18.4 Å². The molecule has 0 aromatic carbocycles. The second-order valence-electron chi connectivity index (χ2n) is 3.41. The van der Waals surface area contributed by atoms with E-state index in [9.17, 15) is 9.59 Å². The molecule has 0 spiro atoms. The number of carbonyl (C=O) groups is 2. The summed E-state index contributed by atoms with van der Waals surface area (Å²) in [7, 11) is 1.17. The van der Waals surface area contributed by atoms with Gasteiger partial charge in [-0.05, 0) is 24.5 Å². The van der Waals surface area contributed by atoms with E-state index in [-0.39, 0.29) is 6.42 Å². The van der Waals surface area contributed by atoms with E-state index in [4.69, 9.17) is 28.3 Å². The maximum Gasteiger partial charge on any atom is 0.407 e. The fourth-order valence-electron chi connectivity index (χ4n) is 1.30. The first kappa shape index (κ1) is 15.1. The summed E-state index contributed by atoms with van der Waals surface area (Å²) in [4.78, 5) is 21.9. The molecule has 0 saturated carbocycles. The molecule has 8 heteroatoms. The number of aliphatic carboxylic acids is 1. The standard InChI is InChI=1S/C10H11Cl2NO4S/c1-17-10(16)13-6(9(14)15)3-2-5-4-7(11)18-8(5)12/h4,6H,2-3H2,1H3,(H,13,16)(H,14,15). The number of carboxylic acids is 1. The van der Waals surface area contributed by atoms with Gasteiger partial charge in [0.25, 0.3) is 0 Å². The van der Waals surface area contributed by atoms with Crippen LogP contribution in [0.4, 0.5) is 4.79 Å². The van der Waals surface area contributed by atoms with Gasteiger partial charge in [0, 0.05) is 0 Å². The Labute approximate surface area is 118 Å². The molecule has 0 aliphatic carbocycles. The van der Waals surface area contributed by atoms with Gasteiger partial charge in [0.1, 0.15) is 6.04 Å². The summed E-state index contributed by atoms with van der Waals surface area (Å²) >= 11 is 12.9. The molecule has 0 bridgehead atoms. The zero-order valence-corrected chi connectivity index (χ0v) is 11.7. The molecule has 18 heavy (non-hydrogen) atoms. The van der Waals surface area contributed by atoms with Crippen LogP contribution < -0.4 is 5.32 Å². The number of thiophene rings is 1. The van der Waals surface area contributed by atoms with E-state index in [0.717, 1.165) is 5.56 Å². The Morgan fingerprint density at radius 2 is 2.22 bits per heavy atom. The normalized spacial score (nSPS) is 11.9. The lowest BCUT2D eigenvalue weighted by molar-refractivity contribution is -0.139. The topological polar surface area (TPSA) is 75.6 Å². The van der Waals surface area contributed by atoms with E-state index >= 15 is 0 Å². The van der Waals surface area contributed by atoms with E-state index in [1.807, 2.05) is 0 Å². The largest absolute Gasteiger partial charge is 0.480 e. The SMILES string of the molecule is COC(=O)NC(CCc1cc(Cl)sc1Cl)C(=O)O. The third-order valence-electron chi connectivity index (χ3n) is 2.21. The van der Waals surface area contributed by atoms with Crippen molar-refractivity contribution in [2.45, 2.75) is 18.9 Å². The number of aryl methyl sites for hydroxylation is 1. The molecule has 1 amide bonds. The lowest BCUT2D eigenvalue weighted by Gasteiger charge is -2.12. The number of hydrogen-bond donors (Lipinski definition) is 2. The van der Waals surface area contributed by atoms with Gasteiger partial charge >= 0.3 is 12.1 Å². The Bertz CT molecular complexity index is 449. The van der Waals surface area contributed by atoms with Crippen LogP contribution in [-0.4, -0.2) is 30.3 Å². The van der Waals surface area contributed by atoms with Gasteiger partial charge in [0.15, 0.2) is 0 Å². The molecule has 1 aromatic rings. The summed E-state index contributed by atoms with van der Waals surface area (Å²) in [6.07, 6.45) is -0.169. The number of nitrogens with one attached hydrogen (secondary N) is 1. The van der Waals surface area contributed by atoms with Gasteiger partial charge in [-0.25, -0.2) is 9.59 Å². The number of alkyl carbamates (subject to hydrolysis) is 1. The smallest absolute Gasteiger partial charge is 0.407 e. The predicted molar refractivity (Wildman–Crippen MR) is 69.6 cm³/mol.